The van der Waals surface area contributed by atoms with Crippen LogP contribution in [0.4, 0.5) is 0 Å². The highest BCUT2D eigenvalue weighted by Gasteiger charge is 2.23. The molecule has 3 heteroatoms. The van der Waals surface area contributed by atoms with Gasteiger partial charge in [0.2, 0.25) is 0 Å². The number of hydrogen-bond acceptors (Lipinski definition) is 2. The predicted octanol–water partition coefficient (Wildman–Crippen LogP) is 1.41. The number of rotatable bonds is 3. The first-order valence-corrected chi connectivity index (χ1v) is 4.40. The molecule has 2 rings (SSSR count). The van der Waals surface area contributed by atoms with E-state index in [4.69, 9.17) is 4.74 Å². The summed E-state index contributed by atoms with van der Waals surface area (Å²) >= 11 is 0. The van der Waals surface area contributed by atoms with E-state index in [0.29, 0.717) is 12.1 Å². The normalized spacial score (nSPS) is 21.8. The molecule has 3 nitrogen and oxygen atoms in total. The van der Waals surface area contributed by atoms with E-state index >= 15 is 0 Å². The van der Waals surface area contributed by atoms with Gasteiger partial charge in [-0.1, -0.05) is 0 Å². The van der Waals surface area contributed by atoms with Gasteiger partial charge in [0, 0.05) is 18.7 Å². The van der Waals surface area contributed by atoms with Crippen LogP contribution in [0.5, 0.6) is 0 Å². The Labute approximate surface area is 72.3 Å². The average Bonchev–Trinajstić information content (AvgIpc) is 2.66. The van der Waals surface area contributed by atoms with Crippen LogP contribution in [0.3, 0.4) is 0 Å². The second-order valence-electron chi connectivity index (χ2n) is 3.58. The van der Waals surface area contributed by atoms with E-state index in [1.165, 1.54) is 5.56 Å². The van der Waals surface area contributed by atoms with Crippen LogP contribution in [0.2, 0.25) is 0 Å². The second kappa shape index (κ2) is 2.90. The van der Waals surface area contributed by atoms with Crippen molar-refractivity contribution < 1.29 is 4.74 Å². The molecule has 0 spiro atoms. The quantitative estimate of drug-likeness (QED) is 0.635. The zero-order chi connectivity index (χ0) is 8.55. The standard InChI is InChI=1S/C9H14N2O/c1-7(2)11-5-8(4-10-11)3-9-6-12-9/h4-5,7,9H,3,6H2,1-2H3. The summed E-state index contributed by atoms with van der Waals surface area (Å²) in [4.78, 5) is 0. The first-order valence-electron chi connectivity index (χ1n) is 4.40. The SMILES string of the molecule is CC(C)n1cc(CC2CO2)cn1. The first kappa shape index (κ1) is 7.80. The number of epoxide rings is 1. The van der Waals surface area contributed by atoms with Gasteiger partial charge in [-0.2, -0.15) is 5.10 Å². The molecule has 0 aliphatic carbocycles. The van der Waals surface area contributed by atoms with E-state index in [1.807, 2.05) is 10.9 Å². The molecule has 1 unspecified atom stereocenters. The predicted molar refractivity (Wildman–Crippen MR) is 46.1 cm³/mol. The molecule has 1 atom stereocenters. The monoisotopic (exact) mass is 166 g/mol. The lowest BCUT2D eigenvalue weighted by atomic mass is 10.2. The third kappa shape index (κ3) is 1.67. The van der Waals surface area contributed by atoms with Crippen LogP contribution in [0.1, 0.15) is 25.5 Å². The first-order chi connectivity index (χ1) is 5.75. The Balaban J connectivity index is 2.02. The summed E-state index contributed by atoms with van der Waals surface area (Å²) in [6, 6.07) is 0.457. The van der Waals surface area contributed by atoms with E-state index in [9.17, 15) is 0 Å². The van der Waals surface area contributed by atoms with Gasteiger partial charge in [-0.05, 0) is 19.4 Å². The molecular formula is C9H14N2O. The number of ether oxygens (including phenoxy) is 1. The molecule has 2 heterocycles. The van der Waals surface area contributed by atoms with Crippen LogP contribution in [-0.2, 0) is 11.2 Å². The van der Waals surface area contributed by atoms with E-state index in [1.54, 1.807) is 0 Å². The van der Waals surface area contributed by atoms with Crippen molar-refractivity contribution in [1.82, 2.24) is 9.78 Å². The maximum absolute atomic E-state index is 5.15. The third-order valence-corrected chi connectivity index (χ3v) is 2.05. The molecule has 0 amide bonds. The molecule has 66 valence electrons. The molecule has 1 aliphatic heterocycles. The molecule has 0 saturated carbocycles. The molecule has 12 heavy (non-hydrogen) atoms. The average molecular weight is 166 g/mol. The van der Waals surface area contributed by atoms with E-state index in [2.05, 4.69) is 25.1 Å². The summed E-state index contributed by atoms with van der Waals surface area (Å²) in [5.41, 5.74) is 1.28. The van der Waals surface area contributed by atoms with E-state index < -0.39 is 0 Å². The minimum atomic E-state index is 0.457. The summed E-state index contributed by atoms with van der Waals surface area (Å²) < 4.78 is 7.13. The van der Waals surface area contributed by atoms with Crippen molar-refractivity contribution in [1.29, 1.82) is 0 Å². The van der Waals surface area contributed by atoms with Gasteiger partial charge < -0.3 is 4.74 Å². The highest BCUT2D eigenvalue weighted by molar-refractivity contribution is 5.07. The summed E-state index contributed by atoms with van der Waals surface area (Å²) in [6.07, 6.45) is 5.52. The molecule has 1 aromatic heterocycles. The van der Waals surface area contributed by atoms with Gasteiger partial charge in [0.05, 0.1) is 18.9 Å². The summed E-state index contributed by atoms with van der Waals surface area (Å²) in [5.74, 6) is 0. The molecule has 1 saturated heterocycles. The van der Waals surface area contributed by atoms with Gasteiger partial charge in [-0.3, -0.25) is 4.68 Å². The van der Waals surface area contributed by atoms with Crippen molar-refractivity contribution in [2.45, 2.75) is 32.4 Å². The molecule has 1 fully saturated rings. The minimum absolute atomic E-state index is 0.457. The zero-order valence-corrected chi connectivity index (χ0v) is 7.53. The van der Waals surface area contributed by atoms with Crippen LogP contribution in [0.15, 0.2) is 12.4 Å². The third-order valence-electron chi connectivity index (χ3n) is 2.05. The van der Waals surface area contributed by atoms with Gasteiger partial charge in [-0.25, -0.2) is 0 Å². The molecule has 0 radical (unpaired) electrons. The van der Waals surface area contributed by atoms with Gasteiger partial charge >= 0.3 is 0 Å². The van der Waals surface area contributed by atoms with Crippen molar-refractivity contribution in [2.24, 2.45) is 0 Å². The summed E-state index contributed by atoms with van der Waals surface area (Å²) in [6.45, 7) is 5.18. The number of hydrogen-bond donors (Lipinski definition) is 0. The summed E-state index contributed by atoms with van der Waals surface area (Å²) in [7, 11) is 0. The molecule has 1 aliphatic rings. The van der Waals surface area contributed by atoms with Crippen LogP contribution >= 0.6 is 0 Å². The Hall–Kier alpha value is -0.830. The van der Waals surface area contributed by atoms with Crippen molar-refractivity contribution >= 4 is 0 Å². The van der Waals surface area contributed by atoms with Crippen molar-refractivity contribution in [3.8, 4) is 0 Å². The van der Waals surface area contributed by atoms with E-state index in [0.717, 1.165) is 13.0 Å². The lowest BCUT2D eigenvalue weighted by Gasteiger charge is -2.02. The van der Waals surface area contributed by atoms with Crippen LogP contribution in [0, 0.1) is 0 Å². The fourth-order valence-electron chi connectivity index (χ4n) is 1.21. The van der Waals surface area contributed by atoms with Crippen molar-refractivity contribution in [2.75, 3.05) is 6.61 Å². The topological polar surface area (TPSA) is 30.4 Å². The van der Waals surface area contributed by atoms with E-state index in [-0.39, 0.29) is 0 Å². The van der Waals surface area contributed by atoms with Gasteiger partial charge in [-0.15, -0.1) is 0 Å². The van der Waals surface area contributed by atoms with Crippen molar-refractivity contribution in [3.05, 3.63) is 18.0 Å². The largest absolute Gasteiger partial charge is 0.373 e. The Morgan fingerprint density at radius 3 is 3.00 bits per heavy atom. The smallest absolute Gasteiger partial charge is 0.0851 e. The maximum Gasteiger partial charge on any atom is 0.0851 e. The highest BCUT2D eigenvalue weighted by Crippen LogP contribution is 2.16. The minimum Gasteiger partial charge on any atom is -0.373 e. The lowest BCUT2D eigenvalue weighted by molar-refractivity contribution is 0.407. The fourth-order valence-corrected chi connectivity index (χ4v) is 1.21. The highest BCUT2D eigenvalue weighted by atomic mass is 16.6. The van der Waals surface area contributed by atoms with Crippen LogP contribution in [0.25, 0.3) is 0 Å². The molecule has 0 aromatic carbocycles. The Bertz CT molecular complexity index is 263. The Kier molecular flexibility index (Phi) is 1.89. The molecule has 0 bridgehead atoms. The Morgan fingerprint density at radius 1 is 1.75 bits per heavy atom. The lowest BCUT2D eigenvalue weighted by Crippen LogP contribution is -2.00. The van der Waals surface area contributed by atoms with Gasteiger partial charge in [0.15, 0.2) is 0 Å². The van der Waals surface area contributed by atoms with Gasteiger partial charge in [0.1, 0.15) is 0 Å². The summed E-state index contributed by atoms with van der Waals surface area (Å²) in [5, 5.41) is 4.26. The number of aromatic nitrogens is 2. The van der Waals surface area contributed by atoms with Gasteiger partial charge in [0.25, 0.3) is 0 Å². The molecule has 0 N–H and O–H groups in total. The molecule has 1 aromatic rings. The maximum atomic E-state index is 5.15. The fraction of sp³-hybridized carbons (Fsp3) is 0.667. The van der Waals surface area contributed by atoms with Crippen molar-refractivity contribution in [3.63, 3.8) is 0 Å². The molecular weight excluding hydrogens is 152 g/mol. The van der Waals surface area contributed by atoms with Crippen LogP contribution < -0.4 is 0 Å². The Morgan fingerprint density at radius 2 is 2.50 bits per heavy atom. The zero-order valence-electron chi connectivity index (χ0n) is 7.53. The van der Waals surface area contributed by atoms with Crippen LogP contribution in [-0.4, -0.2) is 22.5 Å². The number of nitrogens with zero attached hydrogens (tertiary/aromatic N) is 2. The second-order valence-corrected chi connectivity index (χ2v) is 3.58.